The zero-order valence-corrected chi connectivity index (χ0v) is 5.65. The average Bonchev–Trinajstić information content (AvgIpc) is 1.66. The second-order valence-electron chi connectivity index (χ2n) is 2.09. The summed E-state index contributed by atoms with van der Waals surface area (Å²) >= 11 is 0. The molecule has 0 saturated heterocycles. The van der Waals surface area contributed by atoms with Crippen LogP contribution in [0.2, 0.25) is 0 Å². The maximum Gasteiger partial charge on any atom is 0.0512 e. The maximum atomic E-state index is 8.75. The van der Waals surface area contributed by atoms with Crippen LogP contribution in [-0.4, -0.2) is 24.8 Å². The Morgan fingerprint density at radius 3 is 2.62 bits per heavy atom. The topological polar surface area (TPSA) is 32.3 Å². The molecule has 0 amide bonds. The quantitative estimate of drug-likeness (QED) is 0.521. The zero-order valence-electron chi connectivity index (χ0n) is 5.65. The summed E-state index contributed by atoms with van der Waals surface area (Å²) in [6.45, 7) is 2.82. The van der Waals surface area contributed by atoms with Crippen molar-refractivity contribution >= 4 is 0 Å². The predicted molar refractivity (Wildman–Crippen MR) is 34.8 cm³/mol. The fraction of sp³-hybridized carbons (Fsp3) is 1.00. The predicted octanol–water partition coefficient (Wildman–Crippen LogP) is 0.367. The van der Waals surface area contributed by atoms with Crippen LogP contribution in [0, 0.1) is 0 Å². The van der Waals surface area contributed by atoms with Gasteiger partial charge in [0.1, 0.15) is 0 Å². The fourth-order valence-corrected chi connectivity index (χ4v) is 0.574. The monoisotopic (exact) mass is 117 g/mol. The summed E-state index contributed by atoms with van der Waals surface area (Å²) in [5, 5.41) is 11.8. The van der Waals surface area contributed by atoms with Crippen molar-refractivity contribution in [1.29, 1.82) is 0 Å². The zero-order chi connectivity index (χ0) is 6.41. The molecule has 0 aliphatic rings. The Kier molecular flexibility index (Phi) is 5.01. The lowest BCUT2D eigenvalue weighted by molar-refractivity contribution is 0.181. The molecule has 50 valence electrons. The van der Waals surface area contributed by atoms with Crippen LogP contribution in [0.15, 0.2) is 0 Å². The molecule has 0 radical (unpaired) electrons. The van der Waals surface area contributed by atoms with Gasteiger partial charge in [0.2, 0.25) is 0 Å². The van der Waals surface area contributed by atoms with Gasteiger partial charge in [0.25, 0.3) is 0 Å². The highest BCUT2D eigenvalue weighted by atomic mass is 16.3. The third-order valence-corrected chi connectivity index (χ3v) is 1.05. The first kappa shape index (κ1) is 7.92. The highest BCUT2D eigenvalue weighted by Crippen LogP contribution is 1.92. The maximum absolute atomic E-state index is 8.75. The normalized spacial score (nSPS) is 13.9. The molecule has 0 aliphatic heterocycles. The molecule has 0 fully saturated rings. The summed E-state index contributed by atoms with van der Waals surface area (Å²) in [6.07, 6.45) is 1.83. The van der Waals surface area contributed by atoms with E-state index in [1.54, 1.807) is 0 Å². The third-order valence-electron chi connectivity index (χ3n) is 1.05. The number of aliphatic hydroxyl groups is 1. The van der Waals surface area contributed by atoms with Crippen LogP contribution < -0.4 is 5.32 Å². The molecule has 0 rings (SSSR count). The van der Waals surface area contributed by atoms with Crippen LogP contribution >= 0.6 is 0 Å². The number of hydrogen-bond acceptors (Lipinski definition) is 2. The number of rotatable bonds is 4. The van der Waals surface area contributed by atoms with Crippen LogP contribution in [0.4, 0.5) is 0 Å². The Hall–Kier alpha value is -0.0800. The highest BCUT2D eigenvalue weighted by Gasteiger charge is 1.91. The molecule has 0 aliphatic carbocycles. The second-order valence-corrected chi connectivity index (χ2v) is 2.09. The van der Waals surface area contributed by atoms with Crippen molar-refractivity contribution in [2.75, 3.05) is 13.6 Å². The van der Waals surface area contributed by atoms with Crippen LogP contribution in [0.5, 0.6) is 0 Å². The minimum Gasteiger partial charge on any atom is -0.393 e. The van der Waals surface area contributed by atoms with Crippen LogP contribution in [0.1, 0.15) is 19.8 Å². The molecule has 8 heavy (non-hydrogen) atoms. The van der Waals surface area contributed by atoms with Gasteiger partial charge in [-0.1, -0.05) is 0 Å². The number of hydrogen-bond donors (Lipinski definition) is 2. The molecule has 2 nitrogen and oxygen atoms in total. The fourth-order valence-electron chi connectivity index (χ4n) is 0.574. The first-order valence-electron chi connectivity index (χ1n) is 3.10. The Bertz CT molecular complexity index is 45.8. The van der Waals surface area contributed by atoms with Crippen LogP contribution in [0.3, 0.4) is 0 Å². The smallest absolute Gasteiger partial charge is 0.0512 e. The van der Waals surface area contributed by atoms with Crippen molar-refractivity contribution in [3.05, 3.63) is 0 Å². The first-order chi connectivity index (χ1) is 3.77. The van der Waals surface area contributed by atoms with E-state index < -0.39 is 0 Å². The minimum absolute atomic E-state index is 0.136. The lowest BCUT2D eigenvalue weighted by Crippen LogP contribution is -2.10. The molecular weight excluding hydrogens is 102 g/mol. The standard InChI is InChI=1S/C6H15NO/c1-6(8)4-3-5-7-2/h6-8H,3-5H2,1-2H3/t6-/m0/s1. The van der Waals surface area contributed by atoms with E-state index in [4.69, 9.17) is 5.11 Å². The molecule has 0 aromatic carbocycles. The molecule has 0 spiro atoms. The second kappa shape index (κ2) is 5.06. The van der Waals surface area contributed by atoms with Crippen LogP contribution in [0.25, 0.3) is 0 Å². The summed E-state index contributed by atoms with van der Waals surface area (Å²) in [5.74, 6) is 0. The summed E-state index contributed by atoms with van der Waals surface area (Å²) < 4.78 is 0. The Morgan fingerprint density at radius 1 is 1.62 bits per heavy atom. The van der Waals surface area contributed by atoms with Gasteiger partial charge in [0.15, 0.2) is 0 Å². The molecule has 0 unspecified atom stereocenters. The van der Waals surface area contributed by atoms with E-state index in [9.17, 15) is 0 Å². The van der Waals surface area contributed by atoms with E-state index in [1.165, 1.54) is 0 Å². The Labute approximate surface area is 50.9 Å². The minimum atomic E-state index is -0.136. The third kappa shape index (κ3) is 5.92. The summed E-state index contributed by atoms with van der Waals surface area (Å²) in [7, 11) is 1.92. The van der Waals surface area contributed by atoms with Gasteiger partial charge in [-0.05, 0) is 33.4 Å². The number of aliphatic hydroxyl groups excluding tert-OH is 1. The van der Waals surface area contributed by atoms with Gasteiger partial charge in [-0.3, -0.25) is 0 Å². The van der Waals surface area contributed by atoms with Crippen molar-refractivity contribution in [1.82, 2.24) is 5.32 Å². The molecule has 0 saturated carbocycles. The largest absolute Gasteiger partial charge is 0.393 e. The van der Waals surface area contributed by atoms with Crippen molar-refractivity contribution in [3.8, 4) is 0 Å². The highest BCUT2D eigenvalue weighted by molar-refractivity contribution is 4.47. The van der Waals surface area contributed by atoms with Crippen molar-refractivity contribution in [2.24, 2.45) is 0 Å². The summed E-state index contributed by atoms with van der Waals surface area (Å²) in [6, 6.07) is 0. The first-order valence-corrected chi connectivity index (χ1v) is 3.10. The van der Waals surface area contributed by atoms with E-state index in [0.29, 0.717) is 0 Å². The Morgan fingerprint density at radius 2 is 2.25 bits per heavy atom. The van der Waals surface area contributed by atoms with Crippen molar-refractivity contribution < 1.29 is 5.11 Å². The molecule has 1 atom stereocenters. The van der Waals surface area contributed by atoms with Gasteiger partial charge >= 0.3 is 0 Å². The average molecular weight is 117 g/mol. The molecule has 0 aromatic rings. The summed E-state index contributed by atoms with van der Waals surface area (Å²) in [4.78, 5) is 0. The Balaban J connectivity index is 2.72. The van der Waals surface area contributed by atoms with E-state index in [1.807, 2.05) is 14.0 Å². The van der Waals surface area contributed by atoms with Gasteiger partial charge < -0.3 is 10.4 Å². The van der Waals surface area contributed by atoms with E-state index in [-0.39, 0.29) is 6.10 Å². The summed E-state index contributed by atoms with van der Waals surface area (Å²) in [5.41, 5.74) is 0. The molecule has 2 heteroatoms. The lowest BCUT2D eigenvalue weighted by Gasteiger charge is -2.01. The van der Waals surface area contributed by atoms with Gasteiger partial charge in [-0.25, -0.2) is 0 Å². The molecular formula is C6H15NO. The van der Waals surface area contributed by atoms with E-state index >= 15 is 0 Å². The molecule has 0 bridgehead atoms. The number of nitrogens with one attached hydrogen (secondary N) is 1. The molecule has 0 aromatic heterocycles. The van der Waals surface area contributed by atoms with Gasteiger partial charge in [0.05, 0.1) is 6.10 Å². The van der Waals surface area contributed by atoms with Crippen LogP contribution in [-0.2, 0) is 0 Å². The van der Waals surface area contributed by atoms with Gasteiger partial charge in [-0.15, -0.1) is 0 Å². The van der Waals surface area contributed by atoms with Gasteiger partial charge in [0, 0.05) is 0 Å². The molecule has 2 N–H and O–H groups in total. The SMILES string of the molecule is CNCCC[C@H](C)O. The van der Waals surface area contributed by atoms with Gasteiger partial charge in [-0.2, -0.15) is 0 Å². The molecule has 0 heterocycles. The van der Waals surface area contributed by atoms with E-state index in [0.717, 1.165) is 19.4 Å². The van der Waals surface area contributed by atoms with E-state index in [2.05, 4.69) is 5.32 Å². The van der Waals surface area contributed by atoms with Crippen molar-refractivity contribution in [2.45, 2.75) is 25.9 Å². The lowest BCUT2D eigenvalue weighted by atomic mass is 10.2. The van der Waals surface area contributed by atoms with Crippen molar-refractivity contribution in [3.63, 3.8) is 0 Å².